The van der Waals surface area contributed by atoms with Crippen LogP contribution in [0.5, 0.6) is 0 Å². The molecule has 0 spiro atoms. The minimum absolute atomic E-state index is 0.150. The van der Waals surface area contributed by atoms with E-state index in [1.54, 1.807) is 19.2 Å². The van der Waals surface area contributed by atoms with Gasteiger partial charge in [-0.25, -0.2) is 13.1 Å². The maximum Gasteiger partial charge on any atom is 0.244 e. The minimum Gasteiger partial charge on any atom is -0.372 e. The monoisotopic (exact) mass is 341 g/mol. The van der Waals surface area contributed by atoms with E-state index >= 15 is 0 Å². The van der Waals surface area contributed by atoms with Crippen LogP contribution in [0.3, 0.4) is 0 Å². The average molecular weight is 342 g/mol. The van der Waals surface area contributed by atoms with E-state index in [0.717, 1.165) is 5.56 Å². The smallest absolute Gasteiger partial charge is 0.244 e. The van der Waals surface area contributed by atoms with E-state index < -0.39 is 10.0 Å². The van der Waals surface area contributed by atoms with Crippen molar-refractivity contribution in [2.45, 2.75) is 23.5 Å². The Balaban J connectivity index is 1.80. The van der Waals surface area contributed by atoms with Gasteiger partial charge in [0.1, 0.15) is 4.90 Å². The topological polar surface area (TPSA) is 73.2 Å². The Morgan fingerprint density at radius 1 is 1.36 bits per heavy atom. The van der Waals surface area contributed by atoms with Crippen molar-refractivity contribution in [2.24, 2.45) is 7.05 Å². The molecule has 22 heavy (non-hydrogen) atoms. The first-order chi connectivity index (χ1) is 10.5. The zero-order chi connectivity index (χ0) is 15.7. The molecular formula is C14H16ClN3O3S. The first kappa shape index (κ1) is 15.5. The van der Waals surface area contributed by atoms with Gasteiger partial charge in [-0.3, -0.25) is 4.68 Å². The molecule has 0 bridgehead atoms. The van der Waals surface area contributed by atoms with Gasteiger partial charge in [0.05, 0.1) is 18.3 Å². The van der Waals surface area contributed by atoms with E-state index in [2.05, 4.69) is 9.82 Å². The predicted octanol–water partition coefficient (Wildman–Crippen LogP) is 1.88. The van der Waals surface area contributed by atoms with Gasteiger partial charge in [0.15, 0.2) is 0 Å². The lowest BCUT2D eigenvalue weighted by molar-refractivity contribution is 0.102. The highest BCUT2D eigenvalue weighted by molar-refractivity contribution is 7.89. The average Bonchev–Trinajstić information content (AvgIpc) is 3.09. The summed E-state index contributed by atoms with van der Waals surface area (Å²) < 4.78 is 34.6. The Labute approximate surface area is 134 Å². The number of aryl methyl sites for hydroxylation is 1. The molecular weight excluding hydrogens is 326 g/mol. The van der Waals surface area contributed by atoms with E-state index in [-0.39, 0.29) is 17.0 Å². The molecule has 2 heterocycles. The summed E-state index contributed by atoms with van der Waals surface area (Å²) in [6.45, 7) is 0.507. The van der Waals surface area contributed by atoms with Crippen molar-refractivity contribution in [2.75, 3.05) is 6.61 Å². The molecule has 1 aromatic heterocycles. The number of nitrogens with zero attached hydrogens (tertiary/aromatic N) is 2. The van der Waals surface area contributed by atoms with Gasteiger partial charge in [0, 0.05) is 24.9 Å². The molecule has 0 saturated carbocycles. The van der Waals surface area contributed by atoms with Crippen molar-refractivity contribution in [3.8, 4) is 0 Å². The molecule has 0 amide bonds. The van der Waals surface area contributed by atoms with Crippen molar-refractivity contribution in [1.82, 2.24) is 14.5 Å². The Bertz CT molecular complexity index is 758. The summed E-state index contributed by atoms with van der Waals surface area (Å²) in [6, 6.07) is 6.93. The van der Waals surface area contributed by atoms with Gasteiger partial charge in [-0.15, -0.1) is 0 Å². The number of hydrogen-bond donors (Lipinski definition) is 1. The van der Waals surface area contributed by atoms with E-state index in [1.165, 1.54) is 17.1 Å². The molecule has 1 aliphatic rings. The Morgan fingerprint density at radius 2 is 2.09 bits per heavy atom. The Hall–Kier alpha value is -1.41. The number of rotatable bonds is 4. The third-order valence-electron chi connectivity index (χ3n) is 3.59. The maximum absolute atomic E-state index is 12.4. The number of ether oxygens (including phenoxy) is 1. The van der Waals surface area contributed by atoms with Crippen LogP contribution in [0.2, 0.25) is 5.02 Å². The lowest BCUT2D eigenvalue weighted by Crippen LogP contribution is -2.36. The summed E-state index contributed by atoms with van der Waals surface area (Å²) in [5, 5.41) is 4.53. The maximum atomic E-state index is 12.4. The normalized spacial score (nSPS) is 22.1. The molecule has 2 aromatic rings. The van der Waals surface area contributed by atoms with Crippen LogP contribution in [-0.4, -0.2) is 30.8 Å². The first-order valence-electron chi connectivity index (χ1n) is 6.84. The zero-order valence-electron chi connectivity index (χ0n) is 11.9. The van der Waals surface area contributed by atoms with Gasteiger partial charge in [0.2, 0.25) is 10.0 Å². The fourth-order valence-corrected chi connectivity index (χ4v) is 3.88. The minimum atomic E-state index is -3.61. The van der Waals surface area contributed by atoms with Crippen LogP contribution in [0.1, 0.15) is 18.1 Å². The summed E-state index contributed by atoms with van der Waals surface area (Å²) in [5.74, 6) is 0. The van der Waals surface area contributed by atoms with Crippen LogP contribution in [0.4, 0.5) is 0 Å². The summed E-state index contributed by atoms with van der Waals surface area (Å²) in [6.07, 6.45) is 3.10. The largest absolute Gasteiger partial charge is 0.372 e. The van der Waals surface area contributed by atoms with Crippen LogP contribution in [0, 0.1) is 0 Å². The molecule has 0 unspecified atom stereocenters. The van der Waals surface area contributed by atoms with E-state index in [0.29, 0.717) is 18.1 Å². The van der Waals surface area contributed by atoms with Crippen LogP contribution in [0.15, 0.2) is 41.6 Å². The number of hydrogen-bond acceptors (Lipinski definition) is 4. The number of sulfonamides is 1. The third kappa shape index (κ3) is 3.17. The molecule has 8 heteroatoms. The summed E-state index contributed by atoms with van der Waals surface area (Å²) >= 11 is 5.88. The second-order valence-electron chi connectivity index (χ2n) is 5.21. The van der Waals surface area contributed by atoms with Gasteiger partial charge in [-0.2, -0.15) is 5.10 Å². The highest BCUT2D eigenvalue weighted by atomic mass is 35.5. The van der Waals surface area contributed by atoms with Crippen LogP contribution in [-0.2, 0) is 21.8 Å². The Kier molecular flexibility index (Phi) is 4.22. The summed E-state index contributed by atoms with van der Waals surface area (Å²) in [7, 11) is -1.94. The Morgan fingerprint density at radius 3 is 2.73 bits per heavy atom. The SMILES string of the molecule is Cn1cc(S(=O)(=O)N[C@@H]2CCO[C@@H]2c2ccc(Cl)cc2)cn1. The van der Waals surface area contributed by atoms with Gasteiger partial charge in [-0.05, 0) is 24.1 Å². The van der Waals surface area contributed by atoms with E-state index in [4.69, 9.17) is 16.3 Å². The van der Waals surface area contributed by atoms with Gasteiger partial charge in [-0.1, -0.05) is 23.7 Å². The lowest BCUT2D eigenvalue weighted by Gasteiger charge is -2.19. The van der Waals surface area contributed by atoms with Crippen molar-refractivity contribution < 1.29 is 13.2 Å². The third-order valence-corrected chi connectivity index (χ3v) is 5.28. The van der Waals surface area contributed by atoms with Crippen molar-refractivity contribution >= 4 is 21.6 Å². The number of benzene rings is 1. The van der Waals surface area contributed by atoms with Gasteiger partial charge in [0.25, 0.3) is 0 Å². The molecule has 3 rings (SSSR count). The molecule has 2 atom stereocenters. The molecule has 1 fully saturated rings. The highest BCUT2D eigenvalue weighted by Gasteiger charge is 2.33. The zero-order valence-corrected chi connectivity index (χ0v) is 13.5. The van der Waals surface area contributed by atoms with Crippen molar-refractivity contribution in [1.29, 1.82) is 0 Å². The van der Waals surface area contributed by atoms with Crippen molar-refractivity contribution in [3.05, 3.63) is 47.2 Å². The standard InChI is InChI=1S/C14H16ClN3O3S/c1-18-9-12(8-16-18)22(19,20)17-13-6-7-21-14(13)10-2-4-11(15)5-3-10/h2-5,8-9,13-14,17H,6-7H2,1H3/t13-,14-/m1/s1. The fraction of sp³-hybridized carbons (Fsp3) is 0.357. The summed E-state index contributed by atoms with van der Waals surface area (Å²) in [4.78, 5) is 0.150. The van der Waals surface area contributed by atoms with Gasteiger partial charge < -0.3 is 4.74 Å². The molecule has 1 aromatic carbocycles. The van der Waals surface area contributed by atoms with Crippen LogP contribution < -0.4 is 4.72 Å². The highest BCUT2D eigenvalue weighted by Crippen LogP contribution is 2.30. The molecule has 1 saturated heterocycles. The fourth-order valence-electron chi connectivity index (χ4n) is 2.50. The van der Waals surface area contributed by atoms with Crippen molar-refractivity contribution in [3.63, 3.8) is 0 Å². The summed E-state index contributed by atoms with van der Waals surface area (Å²) in [5.41, 5.74) is 0.904. The molecule has 0 aliphatic carbocycles. The number of nitrogens with one attached hydrogen (secondary N) is 1. The second-order valence-corrected chi connectivity index (χ2v) is 7.36. The molecule has 1 N–H and O–H groups in total. The van der Waals surface area contributed by atoms with Crippen LogP contribution in [0.25, 0.3) is 0 Å². The molecule has 6 nitrogen and oxygen atoms in total. The van der Waals surface area contributed by atoms with Crippen LogP contribution >= 0.6 is 11.6 Å². The van der Waals surface area contributed by atoms with E-state index in [9.17, 15) is 8.42 Å². The lowest BCUT2D eigenvalue weighted by atomic mass is 10.0. The van der Waals surface area contributed by atoms with E-state index in [1.807, 2.05) is 12.1 Å². The second kappa shape index (κ2) is 6.00. The number of aromatic nitrogens is 2. The number of halogens is 1. The predicted molar refractivity (Wildman–Crippen MR) is 82.1 cm³/mol. The molecule has 118 valence electrons. The van der Waals surface area contributed by atoms with Gasteiger partial charge >= 0.3 is 0 Å². The molecule has 0 radical (unpaired) electrons. The molecule has 1 aliphatic heterocycles. The first-order valence-corrected chi connectivity index (χ1v) is 8.70. The quantitative estimate of drug-likeness (QED) is 0.921.